The lowest BCUT2D eigenvalue weighted by Gasteiger charge is -2.19. The molecule has 0 amide bonds. The number of nitrogens with zero attached hydrogens (tertiary/aromatic N) is 2. The van der Waals surface area contributed by atoms with Crippen molar-refractivity contribution in [2.75, 3.05) is 0 Å². The largest absolute Gasteiger partial charge is 0.440 e. The maximum Gasteiger partial charge on any atom is 0.227 e. The summed E-state index contributed by atoms with van der Waals surface area (Å²) in [7, 11) is 0. The number of hydrogen-bond acceptors (Lipinski definition) is 4. The van der Waals surface area contributed by atoms with Crippen LogP contribution < -0.4 is 0 Å². The van der Waals surface area contributed by atoms with Gasteiger partial charge in [-0.1, -0.05) is 61.6 Å². The monoisotopic (exact) mass is 458 g/mol. The average Bonchev–Trinajstić information content (AvgIpc) is 3.46. The van der Waals surface area contributed by atoms with E-state index in [4.69, 9.17) is 13.8 Å². The summed E-state index contributed by atoms with van der Waals surface area (Å²) in [4.78, 5) is 9.38. The van der Waals surface area contributed by atoms with Crippen molar-refractivity contribution in [3.8, 4) is 11.5 Å². The molecule has 6 rings (SSSR count). The molecule has 1 aliphatic carbocycles. The summed E-state index contributed by atoms with van der Waals surface area (Å²) in [5, 5.41) is 0. The third-order valence-electron chi connectivity index (χ3n) is 6.53. The molecule has 0 fully saturated rings. The lowest BCUT2D eigenvalue weighted by Crippen LogP contribution is -2.09. The first-order valence-corrected chi connectivity index (χ1v) is 11.9. The Morgan fingerprint density at radius 2 is 1.46 bits per heavy atom. The summed E-state index contributed by atoms with van der Waals surface area (Å²) >= 11 is 0. The van der Waals surface area contributed by atoms with Crippen LogP contribution in [0.1, 0.15) is 35.4 Å². The van der Waals surface area contributed by atoms with E-state index in [1.54, 1.807) is 0 Å². The van der Waals surface area contributed by atoms with Gasteiger partial charge < -0.3 is 8.83 Å². The van der Waals surface area contributed by atoms with Gasteiger partial charge in [0.05, 0.1) is 5.92 Å². The van der Waals surface area contributed by atoms with Gasteiger partial charge in [-0.15, -0.1) is 0 Å². The minimum absolute atomic E-state index is 0.138. The number of aryl methyl sites for hydroxylation is 2. The summed E-state index contributed by atoms with van der Waals surface area (Å²) in [6.45, 7) is 6.34. The smallest absolute Gasteiger partial charge is 0.227 e. The van der Waals surface area contributed by atoms with E-state index in [1.165, 1.54) is 16.7 Å². The molecule has 0 bridgehead atoms. The fraction of sp³-hybridized carbons (Fsp3) is 0.161. The van der Waals surface area contributed by atoms with Crippen LogP contribution in [0.5, 0.6) is 0 Å². The van der Waals surface area contributed by atoms with Gasteiger partial charge in [0.15, 0.2) is 11.2 Å². The lowest BCUT2D eigenvalue weighted by atomic mass is 9.87. The van der Waals surface area contributed by atoms with Crippen molar-refractivity contribution in [3.63, 3.8) is 0 Å². The minimum atomic E-state index is 0.138. The molecule has 2 heterocycles. The SMILES string of the molecule is Cc1ccc2oc(-c3ccc(/C=C/C4=CC(C)C(c5nc6cc(C)ccc6o5)C=C4)cc3)nc2c1. The van der Waals surface area contributed by atoms with Gasteiger partial charge in [-0.3, -0.25) is 0 Å². The van der Waals surface area contributed by atoms with E-state index in [0.717, 1.165) is 39.2 Å². The summed E-state index contributed by atoms with van der Waals surface area (Å²) in [5.41, 5.74) is 9.11. The van der Waals surface area contributed by atoms with Gasteiger partial charge in [-0.2, -0.15) is 0 Å². The molecule has 0 aliphatic heterocycles. The van der Waals surface area contributed by atoms with E-state index in [-0.39, 0.29) is 5.92 Å². The van der Waals surface area contributed by atoms with E-state index in [9.17, 15) is 0 Å². The van der Waals surface area contributed by atoms with Crippen molar-refractivity contribution in [2.45, 2.75) is 26.7 Å². The Balaban J connectivity index is 1.16. The number of oxazole rings is 2. The maximum absolute atomic E-state index is 6.05. The molecule has 1 aliphatic rings. The first-order valence-electron chi connectivity index (χ1n) is 11.9. The fourth-order valence-electron chi connectivity index (χ4n) is 4.56. The molecule has 172 valence electrons. The van der Waals surface area contributed by atoms with Gasteiger partial charge >= 0.3 is 0 Å². The molecule has 4 heteroatoms. The van der Waals surface area contributed by atoms with Gasteiger partial charge in [-0.05, 0) is 78.4 Å². The number of allylic oxidation sites excluding steroid dienone is 5. The van der Waals surface area contributed by atoms with Crippen LogP contribution >= 0.6 is 0 Å². The molecular formula is C31H26N2O2. The highest BCUT2D eigenvalue weighted by Crippen LogP contribution is 2.34. The molecule has 5 aromatic rings. The zero-order chi connectivity index (χ0) is 23.9. The van der Waals surface area contributed by atoms with Crippen LogP contribution in [0.3, 0.4) is 0 Å². The quantitative estimate of drug-likeness (QED) is 0.272. The Kier molecular flexibility index (Phi) is 5.22. The van der Waals surface area contributed by atoms with Crippen molar-refractivity contribution < 1.29 is 8.83 Å². The number of aromatic nitrogens is 2. The highest BCUT2D eigenvalue weighted by molar-refractivity contribution is 5.77. The van der Waals surface area contributed by atoms with Crippen LogP contribution in [0.15, 0.2) is 99.4 Å². The Morgan fingerprint density at radius 3 is 2.17 bits per heavy atom. The first-order chi connectivity index (χ1) is 17.0. The summed E-state index contributed by atoms with van der Waals surface area (Å²) in [5.74, 6) is 1.85. The Hall–Kier alpha value is -4.18. The molecule has 0 saturated carbocycles. The zero-order valence-electron chi connectivity index (χ0n) is 20.0. The molecule has 3 aromatic carbocycles. The number of fused-ring (bicyclic) bond motifs is 2. The number of rotatable bonds is 4. The molecule has 0 saturated heterocycles. The lowest BCUT2D eigenvalue weighted by molar-refractivity contribution is 0.460. The van der Waals surface area contributed by atoms with Gasteiger partial charge in [0.2, 0.25) is 11.8 Å². The molecule has 35 heavy (non-hydrogen) atoms. The topological polar surface area (TPSA) is 52.1 Å². The maximum atomic E-state index is 6.05. The Labute approximate surface area is 204 Å². The summed E-state index contributed by atoms with van der Waals surface area (Å²) in [6.07, 6.45) is 10.9. The van der Waals surface area contributed by atoms with Gasteiger partial charge in [0.1, 0.15) is 11.0 Å². The van der Waals surface area contributed by atoms with E-state index in [1.807, 2.05) is 24.3 Å². The van der Waals surface area contributed by atoms with Crippen molar-refractivity contribution in [1.29, 1.82) is 0 Å². The standard InChI is InChI=1S/C31H26N2O2/c1-19-4-14-28-26(16-19)32-30(34-28)24-11-8-22(9-12-24)6-7-23-10-13-25(21(3)18-23)31-33-27-17-20(2)5-15-29(27)35-31/h4-18,21,25H,1-3H3/b7-6+. The molecule has 0 spiro atoms. The molecule has 2 aromatic heterocycles. The minimum Gasteiger partial charge on any atom is -0.440 e. The van der Waals surface area contributed by atoms with Crippen LogP contribution in [0.2, 0.25) is 0 Å². The van der Waals surface area contributed by atoms with Crippen molar-refractivity contribution in [1.82, 2.24) is 9.97 Å². The predicted molar refractivity (Wildman–Crippen MR) is 141 cm³/mol. The Bertz CT molecular complexity index is 1630. The van der Waals surface area contributed by atoms with Crippen LogP contribution in [0, 0.1) is 19.8 Å². The van der Waals surface area contributed by atoms with Crippen LogP contribution in [-0.2, 0) is 0 Å². The molecule has 2 atom stereocenters. The molecule has 0 N–H and O–H groups in total. The summed E-state index contributed by atoms with van der Waals surface area (Å²) < 4.78 is 12.0. The van der Waals surface area contributed by atoms with Crippen molar-refractivity contribution in [2.24, 2.45) is 5.92 Å². The van der Waals surface area contributed by atoms with Crippen LogP contribution in [0.4, 0.5) is 0 Å². The third-order valence-corrected chi connectivity index (χ3v) is 6.53. The second-order valence-electron chi connectivity index (χ2n) is 9.38. The highest BCUT2D eigenvalue weighted by atomic mass is 16.4. The Morgan fingerprint density at radius 1 is 0.771 bits per heavy atom. The second kappa shape index (κ2) is 8.55. The zero-order valence-corrected chi connectivity index (χ0v) is 20.0. The van der Waals surface area contributed by atoms with Crippen molar-refractivity contribution in [3.05, 3.63) is 113 Å². The number of hydrogen-bond donors (Lipinski definition) is 0. The normalized spacial score (nSPS) is 18.1. The third kappa shape index (κ3) is 4.24. The van der Waals surface area contributed by atoms with Gasteiger partial charge in [0, 0.05) is 5.56 Å². The van der Waals surface area contributed by atoms with Crippen molar-refractivity contribution >= 4 is 28.3 Å². The fourth-order valence-corrected chi connectivity index (χ4v) is 4.56. The van der Waals surface area contributed by atoms with Gasteiger partial charge in [-0.25, -0.2) is 9.97 Å². The number of benzene rings is 3. The molecule has 4 nitrogen and oxygen atoms in total. The van der Waals surface area contributed by atoms with Crippen LogP contribution in [0.25, 0.3) is 39.7 Å². The molecule has 2 unspecified atom stereocenters. The highest BCUT2D eigenvalue weighted by Gasteiger charge is 2.23. The molecule has 0 radical (unpaired) electrons. The van der Waals surface area contributed by atoms with Crippen LogP contribution in [-0.4, -0.2) is 9.97 Å². The predicted octanol–water partition coefficient (Wildman–Crippen LogP) is 8.18. The van der Waals surface area contributed by atoms with Gasteiger partial charge in [0.25, 0.3) is 0 Å². The van der Waals surface area contributed by atoms with E-state index >= 15 is 0 Å². The van der Waals surface area contributed by atoms with E-state index < -0.39 is 0 Å². The van der Waals surface area contributed by atoms with E-state index in [2.05, 4.69) is 92.5 Å². The molecular weight excluding hydrogens is 432 g/mol. The average molecular weight is 459 g/mol. The van der Waals surface area contributed by atoms with E-state index in [0.29, 0.717) is 11.8 Å². The summed E-state index contributed by atoms with van der Waals surface area (Å²) in [6, 6.07) is 20.5. The second-order valence-corrected chi connectivity index (χ2v) is 9.38. The first kappa shape index (κ1) is 21.4.